The van der Waals surface area contributed by atoms with Gasteiger partial charge in [-0.25, -0.2) is 4.98 Å². The lowest BCUT2D eigenvalue weighted by Gasteiger charge is -2.31. The van der Waals surface area contributed by atoms with Gasteiger partial charge in [0.15, 0.2) is 5.69 Å². The molecule has 2 aliphatic carbocycles. The van der Waals surface area contributed by atoms with Crippen LogP contribution in [0.3, 0.4) is 0 Å². The fraction of sp³-hybridized carbons (Fsp3) is 0.444. The maximum atomic E-state index is 13.3. The molecule has 2 unspecified atom stereocenters. The number of carbonyl (C=O) groups excluding carboxylic acids is 3. The van der Waals surface area contributed by atoms with Crippen LogP contribution in [0.2, 0.25) is 0 Å². The average molecular weight is 505 g/mol. The molecule has 10 nitrogen and oxygen atoms in total. The van der Waals surface area contributed by atoms with Crippen molar-refractivity contribution in [3.63, 3.8) is 0 Å². The number of benzene rings is 1. The second kappa shape index (κ2) is 10.2. The molecule has 2 atom stereocenters. The lowest BCUT2D eigenvalue weighted by atomic mass is 9.84. The Morgan fingerprint density at radius 3 is 2.62 bits per heavy atom. The number of amides is 3. The number of nitrogens with one attached hydrogen (secondary N) is 3. The number of pyridine rings is 1. The van der Waals surface area contributed by atoms with Crippen molar-refractivity contribution in [3.05, 3.63) is 41.7 Å². The summed E-state index contributed by atoms with van der Waals surface area (Å²) in [5.74, 6) is -0.171. The van der Waals surface area contributed by atoms with Gasteiger partial charge in [-0.05, 0) is 55.9 Å². The average Bonchev–Trinajstić information content (AvgIpc) is 3.70. The van der Waals surface area contributed by atoms with Crippen LogP contribution in [-0.4, -0.2) is 71.1 Å². The second-order valence-corrected chi connectivity index (χ2v) is 9.91. The lowest BCUT2D eigenvalue weighted by molar-refractivity contribution is -0.136. The third-order valence-corrected chi connectivity index (χ3v) is 7.43. The number of carbonyl (C=O) groups is 3. The minimum absolute atomic E-state index is 0.0585. The number of aromatic nitrogens is 3. The molecule has 10 heteroatoms. The third kappa shape index (κ3) is 5.00. The number of hydrogen-bond donors (Lipinski definition) is 3. The Kier molecular flexibility index (Phi) is 6.82. The standard InChI is InChI=1S/C27H32N6O4/c1-28-25(35)23-20-10-7-15(13-22(20)31-32-23)17-12-21(26(37-3)29-14-17)24(34)30-18-6-4-5-16(11-18)27(36)33(2)19-8-9-19/h7,10,12-14,16,18-19H,4-6,8-9,11H2,1-3H3,(H,28,35)(H,30,34)(H,31,32). The van der Waals surface area contributed by atoms with Gasteiger partial charge in [0, 0.05) is 49.2 Å². The van der Waals surface area contributed by atoms with Crippen molar-refractivity contribution >= 4 is 28.6 Å². The highest BCUT2D eigenvalue weighted by Crippen LogP contribution is 2.32. The van der Waals surface area contributed by atoms with Crippen LogP contribution in [0.1, 0.15) is 59.4 Å². The molecule has 3 aromatic rings. The smallest absolute Gasteiger partial charge is 0.272 e. The second-order valence-electron chi connectivity index (χ2n) is 9.91. The molecule has 2 saturated carbocycles. The minimum Gasteiger partial charge on any atom is -0.480 e. The maximum absolute atomic E-state index is 13.3. The van der Waals surface area contributed by atoms with E-state index in [0.717, 1.165) is 43.2 Å². The van der Waals surface area contributed by atoms with Crippen LogP contribution < -0.4 is 15.4 Å². The van der Waals surface area contributed by atoms with Gasteiger partial charge in [0.05, 0.1) is 12.6 Å². The molecule has 0 aliphatic heterocycles. The summed E-state index contributed by atoms with van der Waals surface area (Å²) in [5.41, 5.74) is 2.90. The molecule has 194 valence electrons. The Bertz CT molecular complexity index is 1350. The van der Waals surface area contributed by atoms with Crippen molar-refractivity contribution in [3.8, 4) is 17.0 Å². The van der Waals surface area contributed by atoms with E-state index in [9.17, 15) is 14.4 Å². The molecule has 2 heterocycles. The van der Waals surface area contributed by atoms with E-state index in [1.165, 1.54) is 7.11 Å². The van der Waals surface area contributed by atoms with Gasteiger partial charge < -0.3 is 20.3 Å². The molecule has 0 radical (unpaired) electrons. The van der Waals surface area contributed by atoms with Crippen LogP contribution in [0.5, 0.6) is 5.88 Å². The van der Waals surface area contributed by atoms with Gasteiger partial charge in [0.1, 0.15) is 5.56 Å². The van der Waals surface area contributed by atoms with Crippen molar-refractivity contribution in [1.82, 2.24) is 30.7 Å². The number of hydrogen-bond acceptors (Lipinski definition) is 6. The van der Waals surface area contributed by atoms with E-state index in [-0.39, 0.29) is 35.6 Å². The summed E-state index contributed by atoms with van der Waals surface area (Å²) in [5, 5.41) is 13.4. The summed E-state index contributed by atoms with van der Waals surface area (Å²) >= 11 is 0. The number of fused-ring (bicyclic) bond motifs is 1. The topological polar surface area (TPSA) is 129 Å². The van der Waals surface area contributed by atoms with E-state index in [1.54, 1.807) is 19.3 Å². The summed E-state index contributed by atoms with van der Waals surface area (Å²) in [6.07, 6.45) is 7.05. The zero-order valence-corrected chi connectivity index (χ0v) is 21.3. The van der Waals surface area contributed by atoms with E-state index in [1.807, 2.05) is 30.1 Å². The molecule has 0 saturated heterocycles. The highest BCUT2D eigenvalue weighted by atomic mass is 16.5. The molecule has 37 heavy (non-hydrogen) atoms. The predicted octanol–water partition coefficient (Wildman–Crippen LogP) is 2.90. The monoisotopic (exact) mass is 504 g/mol. The van der Waals surface area contributed by atoms with Crippen LogP contribution in [-0.2, 0) is 4.79 Å². The number of H-pyrrole nitrogens is 1. The Morgan fingerprint density at radius 2 is 1.89 bits per heavy atom. The normalized spacial score (nSPS) is 19.3. The van der Waals surface area contributed by atoms with E-state index in [2.05, 4.69) is 25.8 Å². The molecular formula is C27H32N6O4. The molecular weight excluding hydrogens is 472 g/mol. The lowest BCUT2D eigenvalue weighted by Crippen LogP contribution is -2.43. The third-order valence-electron chi connectivity index (χ3n) is 7.43. The summed E-state index contributed by atoms with van der Waals surface area (Å²) in [6, 6.07) is 7.61. The minimum atomic E-state index is -0.274. The molecule has 2 aromatic heterocycles. The van der Waals surface area contributed by atoms with Crippen LogP contribution in [0.15, 0.2) is 30.5 Å². The number of aromatic amines is 1. The highest BCUT2D eigenvalue weighted by molar-refractivity contribution is 6.05. The van der Waals surface area contributed by atoms with Gasteiger partial charge in [-0.15, -0.1) is 0 Å². The molecule has 1 aromatic carbocycles. The quantitative estimate of drug-likeness (QED) is 0.454. The maximum Gasteiger partial charge on any atom is 0.272 e. The van der Waals surface area contributed by atoms with Crippen molar-refractivity contribution in [2.75, 3.05) is 21.2 Å². The first-order chi connectivity index (χ1) is 17.9. The number of ether oxygens (including phenoxy) is 1. The van der Waals surface area contributed by atoms with Crippen LogP contribution >= 0.6 is 0 Å². The van der Waals surface area contributed by atoms with E-state index in [0.29, 0.717) is 34.6 Å². The SMILES string of the molecule is CNC(=O)c1n[nH]c2cc(-c3cnc(OC)c(C(=O)NC4CCCC(C(=O)N(C)C5CC5)C4)c3)ccc12. The van der Waals surface area contributed by atoms with Gasteiger partial charge in [0.25, 0.3) is 11.8 Å². The number of rotatable bonds is 7. The van der Waals surface area contributed by atoms with E-state index < -0.39 is 0 Å². The van der Waals surface area contributed by atoms with Crippen LogP contribution in [0.25, 0.3) is 22.0 Å². The van der Waals surface area contributed by atoms with Gasteiger partial charge >= 0.3 is 0 Å². The molecule has 3 N–H and O–H groups in total. The van der Waals surface area contributed by atoms with Gasteiger partial charge in [-0.1, -0.05) is 12.5 Å². The first-order valence-electron chi connectivity index (χ1n) is 12.7. The summed E-state index contributed by atoms with van der Waals surface area (Å²) < 4.78 is 5.39. The Labute approximate surface area is 215 Å². The Morgan fingerprint density at radius 1 is 1.08 bits per heavy atom. The van der Waals surface area contributed by atoms with Gasteiger partial charge in [0.2, 0.25) is 11.8 Å². The van der Waals surface area contributed by atoms with E-state index in [4.69, 9.17) is 4.74 Å². The molecule has 5 rings (SSSR count). The zero-order valence-electron chi connectivity index (χ0n) is 21.3. The van der Waals surface area contributed by atoms with Crippen molar-refractivity contribution in [2.24, 2.45) is 5.92 Å². The molecule has 0 spiro atoms. The zero-order chi connectivity index (χ0) is 26.1. The Balaban J connectivity index is 1.34. The first kappa shape index (κ1) is 24.7. The summed E-state index contributed by atoms with van der Waals surface area (Å²) in [7, 11) is 4.94. The summed E-state index contributed by atoms with van der Waals surface area (Å²) in [4.78, 5) is 44.5. The molecule has 2 aliphatic rings. The largest absolute Gasteiger partial charge is 0.480 e. The molecule has 0 bridgehead atoms. The van der Waals surface area contributed by atoms with Crippen molar-refractivity contribution in [2.45, 2.75) is 50.6 Å². The fourth-order valence-corrected chi connectivity index (χ4v) is 5.16. The molecule has 2 fully saturated rings. The van der Waals surface area contributed by atoms with E-state index >= 15 is 0 Å². The fourth-order valence-electron chi connectivity index (χ4n) is 5.16. The number of methoxy groups -OCH3 is 1. The summed E-state index contributed by atoms with van der Waals surface area (Å²) in [6.45, 7) is 0. The van der Waals surface area contributed by atoms with Crippen LogP contribution in [0, 0.1) is 5.92 Å². The van der Waals surface area contributed by atoms with Crippen molar-refractivity contribution in [1.29, 1.82) is 0 Å². The van der Waals surface area contributed by atoms with Crippen LogP contribution in [0.4, 0.5) is 0 Å². The first-order valence-corrected chi connectivity index (χ1v) is 12.7. The molecule has 3 amide bonds. The predicted molar refractivity (Wildman–Crippen MR) is 138 cm³/mol. The Hall–Kier alpha value is -3.95. The van der Waals surface area contributed by atoms with Gasteiger partial charge in [-0.2, -0.15) is 5.10 Å². The number of nitrogens with zero attached hydrogens (tertiary/aromatic N) is 3. The van der Waals surface area contributed by atoms with Gasteiger partial charge in [-0.3, -0.25) is 19.5 Å². The van der Waals surface area contributed by atoms with Crippen molar-refractivity contribution < 1.29 is 19.1 Å². The highest BCUT2D eigenvalue weighted by Gasteiger charge is 2.36.